The van der Waals surface area contributed by atoms with Crippen LogP contribution in [-0.4, -0.2) is 14.7 Å². The maximum Gasteiger partial charge on any atom is 0.0375 e. The lowest BCUT2D eigenvalue weighted by Crippen LogP contribution is -2.29. The zero-order chi connectivity index (χ0) is 9.28. The molecule has 1 nitrogen and oxygen atoms in total. The molecule has 68 valence electrons. The van der Waals surface area contributed by atoms with Gasteiger partial charge < -0.3 is 0 Å². The van der Waals surface area contributed by atoms with Crippen molar-refractivity contribution < 1.29 is 4.21 Å². The molecule has 1 unspecified atom stereocenters. The van der Waals surface area contributed by atoms with E-state index in [1.54, 1.807) is 0 Å². The minimum atomic E-state index is -0.707. The van der Waals surface area contributed by atoms with Crippen molar-refractivity contribution >= 4 is 10.8 Å². The fraction of sp³-hybridized carbons (Fsp3) is 1.00. The molecular formula is C9H20OS. The second-order valence-electron chi connectivity index (χ2n) is 5.16. The van der Waals surface area contributed by atoms with Gasteiger partial charge in [0.1, 0.15) is 0 Å². The van der Waals surface area contributed by atoms with Crippen LogP contribution in [0.15, 0.2) is 0 Å². The molecule has 2 heteroatoms. The molecular weight excluding hydrogens is 156 g/mol. The van der Waals surface area contributed by atoms with E-state index in [2.05, 4.69) is 20.8 Å². The zero-order valence-corrected chi connectivity index (χ0v) is 9.34. The first kappa shape index (κ1) is 11.2. The van der Waals surface area contributed by atoms with Crippen LogP contribution in [0.5, 0.6) is 0 Å². The molecule has 0 aromatic carbocycles. The number of rotatable bonds is 1. The van der Waals surface area contributed by atoms with Crippen LogP contribution in [0.25, 0.3) is 0 Å². The minimum Gasteiger partial charge on any atom is -0.259 e. The predicted octanol–water partition coefficient (Wildman–Crippen LogP) is 2.58. The summed E-state index contributed by atoms with van der Waals surface area (Å²) >= 11 is 0. The summed E-state index contributed by atoms with van der Waals surface area (Å²) in [7, 11) is -0.707. The van der Waals surface area contributed by atoms with Crippen molar-refractivity contribution in [2.45, 2.75) is 46.3 Å². The largest absolute Gasteiger partial charge is 0.259 e. The SMILES string of the molecule is CC(C)(C)CS(=O)C(C)(C)C. The highest BCUT2D eigenvalue weighted by molar-refractivity contribution is 7.86. The molecule has 0 N–H and O–H groups in total. The molecule has 0 aromatic rings. The van der Waals surface area contributed by atoms with Crippen LogP contribution < -0.4 is 0 Å². The molecule has 0 bridgehead atoms. The Labute approximate surface area is 73.0 Å². The van der Waals surface area contributed by atoms with Gasteiger partial charge in [-0.25, -0.2) is 0 Å². The van der Waals surface area contributed by atoms with E-state index < -0.39 is 10.8 Å². The molecule has 0 amide bonds. The van der Waals surface area contributed by atoms with Crippen LogP contribution in [0.2, 0.25) is 0 Å². The second-order valence-corrected chi connectivity index (χ2v) is 7.37. The topological polar surface area (TPSA) is 17.1 Å². The highest BCUT2D eigenvalue weighted by Crippen LogP contribution is 2.21. The maximum absolute atomic E-state index is 11.6. The summed E-state index contributed by atoms with van der Waals surface area (Å²) in [5, 5.41) is 0. The molecule has 0 saturated heterocycles. The highest BCUT2D eigenvalue weighted by Gasteiger charge is 2.24. The molecule has 1 atom stereocenters. The van der Waals surface area contributed by atoms with Gasteiger partial charge in [-0.3, -0.25) is 4.21 Å². The Morgan fingerprint density at radius 3 is 1.45 bits per heavy atom. The fourth-order valence-electron chi connectivity index (χ4n) is 0.610. The van der Waals surface area contributed by atoms with Crippen LogP contribution in [0.3, 0.4) is 0 Å². The van der Waals surface area contributed by atoms with E-state index in [0.717, 1.165) is 5.75 Å². The van der Waals surface area contributed by atoms with E-state index >= 15 is 0 Å². The molecule has 0 aliphatic heterocycles. The first-order valence-corrected chi connectivity index (χ1v) is 5.33. The van der Waals surface area contributed by atoms with Gasteiger partial charge in [0.15, 0.2) is 0 Å². The average Bonchev–Trinajstić information content (AvgIpc) is 1.56. The van der Waals surface area contributed by atoms with E-state index in [9.17, 15) is 4.21 Å². The van der Waals surface area contributed by atoms with E-state index in [1.807, 2.05) is 20.8 Å². The van der Waals surface area contributed by atoms with Crippen molar-refractivity contribution in [3.05, 3.63) is 0 Å². The Morgan fingerprint density at radius 1 is 1.00 bits per heavy atom. The van der Waals surface area contributed by atoms with Crippen LogP contribution in [0.4, 0.5) is 0 Å². The monoisotopic (exact) mass is 176 g/mol. The Morgan fingerprint density at radius 2 is 1.36 bits per heavy atom. The lowest BCUT2D eigenvalue weighted by Gasteiger charge is -2.24. The van der Waals surface area contributed by atoms with Gasteiger partial charge in [0.2, 0.25) is 0 Å². The van der Waals surface area contributed by atoms with Gasteiger partial charge in [0.25, 0.3) is 0 Å². The van der Waals surface area contributed by atoms with E-state index in [0.29, 0.717) is 0 Å². The summed E-state index contributed by atoms with van der Waals surface area (Å²) in [4.78, 5) is 0. The molecule has 0 saturated carbocycles. The van der Waals surface area contributed by atoms with Gasteiger partial charge in [-0.1, -0.05) is 20.8 Å². The Hall–Kier alpha value is 0.150. The fourth-order valence-corrected chi connectivity index (χ4v) is 1.83. The van der Waals surface area contributed by atoms with Crippen molar-refractivity contribution in [1.29, 1.82) is 0 Å². The zero-order valence-electron chi connectivity index (χ0n) is 8.52. The third-order valence-electron chi connectivity index (χ3n) is 1.25. The van der Waals surface area contributed by atoms with E-state index in [4.69, 9.17) is 0 Å². The Kier molecular flexibility index (Phi) is 3.30. The molecule has 0 aromatic heterocycles. The van der Waals surface area contributed by atoms with Crippen LogP contribution >= 0.6 is 0 Å². The van der Waals surface area contributed by atoms with Gasteiger partial charge in [-0.2, -0.15) is 0 Å². The van der Waals surface area contributed by atoms with Crippen molar-refractivity contribution in [2.24, 2.45) is 5.41 Å². The summed E-state index contributed by atoms with van der Waals surface area (Å²) < 4.78 is 11.5. The lowest BCUT2D eigenvalue weighted by molar-refractivity contribution is 0.469. The van der Waals surface area contributed by atoms with E-state index in [1.165, 1.54) is 0 Å². The standard InChI is InChI=1S/C9H20OS/c1-8(2,3)7-11(10)9(4,5)6/h7H2,1-6H3. The van der Waals surface area contributed by atoms with Crippen molar-refractivity contribution in [3.8, 4) is 0 Å². The average molecular weight is 176 g/mol. The number of hydrogen-bond donors (Lipinski definition) is 0. The smallest absolute Gasteiger partial charge is 0.0375 e. The van der Waals surface area contributed by atoms with Gasteiger partial charge in [-0.15, -0.1) is 0 Å². The van der Waals surface area contributed by atoms with Crippen molar-refractivity contribution in [2.75, 3.05) is 5.75 Å². The third-order valence-corrected chi connectivity index (χ3v) is 3.74. The molecule has 11 heavy (non-hydrogen) atoms. The Balaban J connectivity index is 4.11. The molecule has 0 aliphatic carbocycles. The summed E-state index contributed by atoms with van der Waals surface area (Å²) in [5.74, 6) is 0.788. The van der Waals surface area contributed by atoms with Gasteiger partial charge in [-0.05, 0) is 26.2 Å². The van der Waals surface area contributed by atoms with Crippen LogP contribution in [0.1, 0.15) is 41.5 Å². The summed E-state index contributed by atoms with van der Waals surface area (Å²) in [6, 6.07) is 0. The van der Waals surface area contributed by atoms with Gasteiger partial charge in [0, 0.05) is 21.3 Å². The molecule has 0 fully saturated rings. The summed E-state index contributed by atoms with van der Waals surface area (Å²) in [5.41, 5.74) is 0.179. The van der Waals surface area contributed by atoms with Crippen molar-refractivity contribution in [1.82, 2.24) is 0 Å². The molecule has 0 rings (SSSR count). The van der Waals surface area contributed by atoms with Crippen molar-refractivity contribution in [3.63, 3.8) is 0 Å². The maximum atomic E-state index is 11.6. The first-order chi connectivity index (χ1) is 4.63. The summed E-state index contributed by atoms with van der Waals surface area (Å²) in [6.45, 7) is 12.4. The van der Waals surface area contributed by atoms with Crippen LogP contribution in [-0.2, 0) is 10.8 Å². The summed E-state index contributed by atoms with van der Waals surface area (Å²) in [6.07, 6.45) is 0. The third kappa shape index (κ3) is 5.42. The predicted molar refractivity (Wildman–Crippen MR) is 52.2 cm³/mol. The molecule has 0 radical (unpaired) electrons. The molecule has 0 spiro atoms. The van der Waals surface area contributed by atoms with Gasteiger partial charge in [0.05, 0.1) is 0 Å². The highest BCUT2D eigenvalue weighted by atomic mass is 32.2. The Bertz CT molecular complexity index is 148. The second kappa shape index (κ2) is 3.26. The number of hydrogen-bond acceptors (Lipinski definition) is 1. The minimum absolute atomic E-state index is 0.0622. The first-order valence-electron chi connectivity index (χ1n) is 4.01. The molecule has 0 aliphatic rings. The molecule has 0 heterocycles. The quantitative estimate of drug-likeness (QED) is 0.600. The van der Waals surface area contributed by atoms with Crippen LogP contribution in [0, 0.1) is 5.41 Å². The lowest BCUT2D eigenvalue weighted by atomic mass is 10.0. The normalized spacial score (nSPS) is 16.5. The van der Waals surface area contributed by atoms with Gasteiger partial charge >= 0.3 is 0 Å². The van der Waals surface area contributed by atoms with E-state index in [-0.39, 0.29) is 10.2 Å².